The minimum absolute atomic E-state index is 0.00189. The first-order valence-corrected chi connectivity index (χ1v) is 8.69. The molecule has 0 aliphatic carbocycles. The Bertz CT molecular complexity index is 931. The Kier molecular flexibility index (Phi) is 5.49. The standard InChI is InChI=1S/C18H14ClFN2O3S/c1-24-14-7-10(8-15-17(23)22-18(21)26-15)6-12(19)16(14)25-9-11-4-2-3-5-13(11)20/h2-8H,9H2,1H3,(H2,21,22,23)/b15-8-. The summed E-state index contributed by atoms with van der Waals surface area (Å²) in [6.07, 6.45) is 1.62. The predicted molar refractivity (Wildman–Crippen MR) is 101 cm³/mol. The largest absolute Gasteiger partial charge is 0.493 e. The van der Waals surface area contributed by atoms with E-state index < -0.39 is 5.91 Å². The van der Waals surface area contributed by atoms with Gasteiger partial charge in [0.2, 0.25) is 0 Å². The fourth-order valence-electron chi connectivity index (χ4n) is 2.31. The molecule has 0 bridgehead atoms. The first kappa shape index (κ1) is 18.3. The number of halogens is 2. The molecule has 2 N–H and O–H groups in total. The average molecular weight is 393 g/mol. The van der Waals surface area contributed by atoms with E-state index in [2.05, 4.69) is 4.99 Å². The van der Waals surface area contributed by atoms with Crippen molar-refractivity contribution in [1.29, 1.82) is 0 Å². The molecule has 0 spiro atoms. The number of aliphatic imine (C=N–C) groups is 1. The Morgan fingerprint density at radius 1 is 1.35 bits per heavy atom. The molecule has 0 fully saturated rings. The van der Waals surface area contributed by atoms with E-state index >= 15 is 0 Å². The maximum atomic E-state index is 13.7. The van der Waals surface area contributed by atoms with E-state index in [0.29, 0.717) is 27.5 Å². The molecule has 3 rings (SSSR count). The van der Waals surface area contributed by atoms with E-state index in [1.807, 2.05) is 0 Å². The lowest BCUT2D eigenvalue weighted by Crippen LogP contribution is -2.01. The molecule has 8 heteroatoms. The van der Waals surface area contributed by atoms with Crippen LogP contribution in [0.4, 0.5) is 4.39 Å². The van der Waals surface area contributed by atoms with Crippen molar-refractivity contribution in [3.8, 4) is 11.5 Å². The lowest BCUT2D eigenvalue weighted by molar-refractivity contribution is -0.113. The molecule has 0 saturated carbocycles. The van der Waals surface area contributed by atoms with E-state index in [1.54, 1.807) is 36.4 Å². The maximum Gasteiger partial charge on any atom is 0.286 e. The van der Waals surface area contributed by atoms with Gasteiger partial charge < -0.3 is 15.2 Å². The number of thioether (sulfide) groups is 1. The normalized spacial score (nSPS) is 15.3. The summed E-state index contributed by atoms with van der Waals surface area (Å²) in [7, 11) is 1.47. The minimum atomic E-state index is -0.400. The van der Waals surface area contributed by atoms with Crippen LogP contribution in [0.3, 0.4) is 0 Å². The third-order valence-electron chi connectivity index (χ3n) is 3.52. The lowest BCUT2D eigenvalue weighted by Gasteiger charge is -2.14. The van der Waals surface area contributed by atoms with E-state index in [1.165, 1.54) is 13.2 Å². The second-order valence-electron chi connectivity index (χ2n) is 5.28. The summed E-state index contributed by atoms with van der Waals surface area (Å²) in [5, 5.41) is 0.473. The van der Waals surface area contributed by atoms with Gasteiger partial charge in [0.25, 0.3) is 5.91 Å². The Hall–Kier alpha value is -2.51. The third kappa shape index (κ3) is 4.00. The molecule has 26 heavy (non-hydrogen) atoms. The molecule has 0 aromatic heterocycles. The number of carbonyl (C=O) groups excluding carboxylic acids is 1. The van der Waals surface area contributed by atoms with Crippen LogP contribution in [0.2, 0.25) is 5.02 Å². The van der Waals surface area contributed by atoms with Crippen molar-refractivity contribution in [1.82, 2.24) is 0 Å². The number of benzene rings is 2. The molecular formula is C18H14ClFN2O3S. The molecule has 1 aliphatic rings. The van der Waals surface area contributed by atoms with Crippen LogP contribution >= 0.6 is 23.4 Å². The number of hydrogen-bond acceptors (Lipinski definition) is 5. The fourth-order valence-corrected chi connectivity index (χ4v) is 3.26. The highest BCUT2D eigenvalue weighted by Gasteiger charge is 2.20. The smallest absolute Gasteiger partial charge is 0.286 e. The quantitative estimate of drug-likeness (QED) is 0.778. The highest BCUT2D eigenvalue weighted by Crippen LogP contribution is 2.38. The van der Waals surface area contributed by atoms with Gasteiger partial charge in [-0.1, -0.05) is 29.8 Å². The Morgan fingerprint density at radius 2 is 2.12 bits per heavy atom. The minimum Gasteiger partial charge on any atom is -0.493 e. The summed E-state index contributed by atoms with van der Waals surface area (Å²) >= 11 is 7.38. The molecule has 1 amide bonds. The van der Waals surface area contributed by atoms with E-state index in [-0.39, 0.29) is 22.6 Å². The van der Waals surface area contributed by atoms with Crippen LogP contribution in [0.25, 0.3) is 6.08 Å². The summed E-state index contributed by atoms with van der Waals surface area (Å²) in [4.78, 5) is 15.7. The average Bonchev–Trinajstić information content (AvgIpc) is 2.92. The molecule has 2 aromatic carbocycles. The first-order chi connectivity index (χ1) is 12.5. The third-order valence-corrected chi connectivity index (χ3v) is 4.61. The molecule has 134 valence electrons. The Morgan fingerprint density at radius 3 is 2.77 bits per heavy atom. The van der Waals surface area contributed by atoms with E-state index in [0.717, 1.165) is 11.8 Å². The SMILES string of the molecule is COc1cc(/C=C2\SC(N)=NC2=O)cc(Cl)c1OCc1ccccc1F. The van der Waals surface area contributed by atoms with Gasteiger partial charge >= 0.3 is 0 Å². The number of nitrogens with zero attached hydrogens (tertiary/aromatic N) is 1. The Labute approximate surface area is 158 Å². The molecule has 0 unspecified atom stereocenters. The van der Waals surface area contributed by atoms with Gasteiger partial charge in [0.1, 0.15) is 12.4 Å². The maximum absolute atomic E-state index is 13.7. The summed E-state index contributed by atoms with van der Waals surface area (Å²) < 4.78 is 24.7. The summed E-state index contributed by atoms with van der Waals surface area (Å²) in [5.41, 5.74) is 6.57. The van der Waals surface area contributed by atoms with Crippen LogP contribution in [0.15, 0.2) is 46.3 Å². The van der Waals surface area contributed by atoms with Gasteiger partial charge in [-0.3, -0.25) is 4.79 Å². The Balaban J connectivity index is 1.85. The van der Waals surface area contributed by atoms with Crippen molar-refractivity contribution >= 4 is 40.5 Å². The van der Waals surface area contributed by atoms with E-state index in [4.69, 9.17) is 26.8 Å². The van der Waals surface area contributed by atoms with Crippen molar-refractivity contribution in [3.05, 3.63) is 63.3 Å². The summed E-state index contributed by atoms with van der Waals surface area (Å²) in [6, 6.07) is 9.60. The zero-order valence-corrected chi connectivity index (χ0v) is 15.2. The van der Waals surface area contributed by atoms with Crippen molar-refractivity contribution in [2.75, 3.05) is 7.11 Å². The molecule has 0 saturated heterocycles. The number of ether oxygens (including phenoxy) is 2. The lowest BCUT2D eigenvalue weighted by atomic mass is 10.1. The highest BCUT2D eigenvalue weighted by atomic mass is 35.5. The second kappa shape index (κ2) is 7.80. The topological polar surface area (TPSA) is 73.9 Å². The zero-order chi connectivity index (χ0) is 18.7. The van der Waals surface area contributed by atoms with Gasteiger partial charge in [-0.15, -0.1) is 0 Å². The van der Waals surface area contributed by atoms with Gasteiger partial charge in [0.05, 0.1) is 17.0 Å². The van der Waals surface area contributed by atoms with Gasteiger partial charge in [0.15, 0.2) is 16.7 Å². The van der Waals surface area contributed by atoms with Crippen LogP contribution in [-0.2, 0) is 11.4 Å². The number of nitrogens with two attached hydrogens (primary N) is 1. The number of methoxy groups -OCH3 is 1. The number of amides is 1. The molecule has 0 radical (unpaired) electrons. The van der Waals surface area contributed by atoms with Gasteiger partial charge in [-0.25, -0.2) is 4.39 Å². The van der Waals surface area contributed by atoms with Crippen LogP contribution in [0.5, 0.6) is 11.5 Å². The van der Waals surface area contributed by atoms with Crippen molar-refractivity contribution in [3.63, 3.8) is 0 Å². The number of rotatable bonds is 5. The highest BCUT2D eigenvalue weighted by molar-refractivity contribution is 8.18. The molecular weight excluding hydrogens is 379 g/mol. The van der Waals surface area contributed by atoms with Crippen LogP contribution in [0.1, 0.15) is 11.1 Å². The molecule has 1 heterocycles. The van der Waals surface area contributed by atoms with E-state index in [9.17, 15) is 9.18 Å². The number of amidine groups is 1. The summed E-state index contributed by atoms with van der Waals surface area (Å²) in [5.74, 6) is -0.105. The van der Waals surface area contributed by atoms with Gasteiger partial charge in [-0.05, 0) is 41.6 Å². The van der Waals surface area contributed by atoms with Crippen LogP contribution < -0.4 is 15.2 Å². The monoisotopic (exact) mass is 392 g/mol. The predicted octanol–water partition coefficient (Wildman–Crippen LogP) is 4.00. The second-order valence-corrected chi connectivity index (χ2v) is 6.75. The molecule has 2 aromatic rings. The van der Waals surface area contributed by atoms with Crippen molar-refractivity contribution < 1.29 is 18.7 Å². The number of hydrogen-bond donors (Lipinski definition) is 1. The molecule has 5 nitrogen and oxygen atoms in total. The van der Waals surface area contributed by atoms with Crippen LogP contribution in [0, 0.1) is 5.82 Å². The van der Waals surface area contributed by atoms with Gasteiger partial charge in [-0.2, -0.15) is 4.99 Å². The zero-order valence-electron chi connectivity index (χ0n) is 13.7. The molecule has 1 aliphatic heterocycles. The van der Waals surface area contributed by atoms with Crippen LogP contribution in [-0.4, -0.2) is 18.2 Å². The van der Waals surface area contributed by atoms with Gasteiger partial charge in [0, 0.05) is 5.56 Å². The summed E-state index contributed by atoms with van der Waals surface area (Å²) in [6.45, 7) is 0.00189. The number of carbonyl (C=O) groups is 1. The fraction of sp³-hybridized carbons (Fsp3) is 0.111. The molecule has 0 atom stereocenters. The first-order valence-electron chi connectivity index (χ1n) is 7.49. The van der Waals surface area contributed by atoms with Crippen molar-refractivity contribution in [2.24, 2.45) is 10.7 Å². The van der Waals surface area contributed by atoms with Crippen molar-refractivity contribution in [2.45, 2.75) is 6.61 Å².